The topological polar surface area (TPSA) is 63.9 Å². The Hall–Kier alpha value is -1.89. The maximum Gasteiger partial charge on any atom is 0.233 e. The van der Waals surface area contributed by atoms with Crippen LogP contribution in [-0.4, -0.2) is 49.4 Å². The monoisotopic (exact) mass is 345 g/mol. The molecule has 1 saturated heterocycles. The Morgan fingerprint density at radius 2 is 2.17 bits per heavy atom. The van der Waals surface area contributed by atoms with Crippen LogP contribution in [0.25, 0.3) is 5.69 Å². The zero-order valence-corrected chi connectivity index (χ0v) is 15.2. The van der Waals surface area contributed by atoms with Gasteiger partial charge < -0.3 is 4.90 Å². The number of aromatic nitrogens is 4. The molecule has 0 radical (unpaired) electrons. The first-order valence-electron chi connectivity index (χ1n) is 8.35. The minimum atomic E-state index is 0.169. The number of rotatable bonds is 4. The van der Waals surface area contributed by atoms with Crippen molar-refractivity contribution in [3.8, 4) is 5.69 Å². The minimum absolute atomic E-state index is 0.169. The van der Waals surface area contributed by atoms with Gasteiger partial charge in [0.25, 0.3) is 0 Å². The van der Waals surface area contributed by atoms with Crippen molar-refractivity contribution in [2.24, 2.45) is 0 Å². The van der Waals surface area contributed by atoms with Crippen LogP contribution in [0.5, 0.6) is 0 Å². The lowest BCUT2D eigenvalue weighted by atomic mass is 10.0. The molecule has 0 aliphatic carbocycles. The van der Waals surface area contributed by atoms with E-state index in [2.05, 4.69) is 42.4 Å². The Morgan fingerprint density at radius 3 is 2.96 bits per heavy atom. The second kappa shape index (κ2) is 7.34. The molecule has 1 amide bonds. The number of carbonyl (C=O) groups is 1. The van der Waals surface area contributed by atoms with E-state index in [1.54, 1.807) is 4.68 Å². The van der Waals surface area contributed by atoms with Crippen molar-refractivity contribution in [2.75, 3.05) is 12.3 Å². The summed E-state index contributed by atoms with van der Waals surface area (Å²) in [5.41, 5.74) is 3.29. The molecule has 2 aromatic rings. The molecule has 1 aromatic heterocycles. The molecule has 1 unspecified atom stereocenters. The molecule has 1 aliphatic rings. The summed E-state index contributed by atoms with van der Waals surface area (Å²) in [6.07, 6.45) is 3.40. The molecule has 0 spiro atoms. The van der Waals surface area contributed by atoms with Gasteiger partial charge in [-0.25, -0.2) is 0 Å². The molecular formula is C17H23N5OS. The summed E-state index contributed by atoms with van der Waals surface area (Å²) in [6, 6.07) is 6.39. The fourth-order valence-corrected chi connectivity index (χ4v) is 3.83. The van der Waals surface area contributed by atoms with Crippen molar-refractivity contribution in [1.29, 1.82) is 0 Å². The van der Waals surface area contributed by atoms with Crippen LogP contribution in [0, 0.1) is 13.8 Å². The Balaban J connectivity index is 1.72. The highest BCUT2D eigenvalue weighted by molar-refractivity contribution is 7.99. The van der Waals surface area contributed by atoms with Gasteiger partial charge in [0.1, 0.15) is 0 Å². The number of hydrogen-bond acceptors (Lipinski definition) is 5. The summed E-state index contributed by atoms with van der Waals surface area (Å²) in [5.74, 6) is 0.540. The van der Waals surface area contributed by atoms with E-state index in [0.29, 0.717) is 17.0 Å². The van der Waals surface area contributed by atoms with Gasteiger partial charge >= 0.3 is 0 Å². The minimum Gasteiger partial charge on any atom is -0.339 e. The number of aryl methyl sites for hydroxylation is 1. The lowest BCUT2D eigenvalue weighted by Gasteiger charge is -2.33. The molecule has 0 N–H and O–H groups in total. The lowest BCUT2D eigenvalue weighted by Crippen LogP contribution is -2.43. The number of thioether (sulfide) groups is 1. The van der Waals surface area contributed by atoms with Gasteiger partial charge in [0.05, 0.1) is 11.4 Å². The Morgan fingerprint density at radius 1 is 1.33 bits per heavy atom. The molecule has 3 rings (SSSR count). The van der Waals surface area contributed by atoms with Gasteiger partial charge in [-0.2, -0.15) is 4.68 Å². The Labute approximate surface area is 146 Å². The van der Waals surface area contributed by atoms with Crippen LogP contribution in [0.4, 0.5) is 0 Å². The number of piperidine rings is 1. The van der Waals surface area contributed by atoms with Gasteiger partial charge in [-0.1, -0.05) is 23.9 Å². The summed E-state index contributed by atoms with van der Waals surface area (Å²) in [7, 11) is 0. The number of likely N-dealkylation sites (tertiary alicyclic amines) is 1. The van der Waals surface area contributed by atoms with E-state index in [9.17, 15) is 4.79 Å². The van der Waals surface area contributed by atoms with Crippen LogP contribution >= 0.6 is 11.8 Å². The number of nitrogens with zero attached hydrogens (tertiary/aromatic N) is 5. The van der Waals surface area contributed by atoms with E-state index >= 15 is 0 Å². The Kier molecular flexibility index (Phi) is 5.18. The van der Waals surface area contributed by atoms with Crippen LogP contribution in [0.3, 0.4) is 0 Å². The molecule has 1 aliphatic heterocycles. The van der Waals surface area contributed by atoms with Crippen LogP contribution in [0.1, 0.15) is 37.3 Å². The van der Waals surface area contributed by atoms with Crippen LogP contribution in [0.15, 0.2) is 23.4 Å². The second-order valence-electron chi connectivity index (χ2n) is 6.31. The fraction of sp³-hybridized carbons (Fsp3) is 0.529. The van der Waals surface area contributed by atoms with Gasteiger partial charge in [-0.3, -0.25) is 4.79 Å². The van der Waals surface area contributed by atoms with Crippen molar-refractivity contribution < 1.29 is 4.79 Å². The highest BCUT2D eigenvalue weighted by Crippen LogP contribution is 2.24. The molecule has 0 bridgehead atoms. The average Bonchev–Trinajstić information content (AvgIpc) is 3.04. The van der Waals surface area contributed by atoms with Crippen molar-refractivity contribution in [2.45, 2.75) is 51.2 Å². The molecule has 2 heterocycles. The van der Waals surface area contributed by atoms with E-state index in [0.717, 1.165) is 30.6 Å². The predicted molar refractivity (Wildman–Crippen MR) is 94.4 cm³/mol. The van der Waals surface area contributed by atoms with Crippen LogP contribution in [-0.2, 0) is 4.79 Å². The molecule has 24 heavy (non-hydrogen) atoms. The third-order valence-corrected chi connectivity index (χ3v) is 5.60. The van der Waals surface area contributed by atoms with Crippen molar-refractivity contribution in [3.05, 3.63) is 29.3 Å². The van der Waals surface area contributed by atoms with Gasteiger partial charge in [0.15, 0.2) is 0 Å². The van der Waals surface area contributed by atoms with Crippen molar-refractivity contribution in [3.63, 3.8) is 0 Å². The van der Waals surface area contributed by atoms with Gasteiger partial charge in [0.2, 0.25) is 11.1 Å². The van der Waals surface area contributed by atoms with Gasteiger partial charge in [-0.15, -0.1) is 5.10 Å². The summed E-state index contributed by atoms with van der Waals surface area (Å²) in [6.45, 7) is 7.11. The normalized spacial score (nSPS) is 18.0. The van der Waals surface area contributed by atoms with Crippen LogP contribution in [0.2, 0.25) is 0 Å². The van der Waals surface area contributed by atoms with Gasteiger partial charge in [0, 0.05) is 12.6 Å². The standard InChI is InChI=1S/C17H23N5OS/c1-12-7-6-9-15(14(12)3)22-17(18-19-20-22)24-11-16(23)21-10-5-4-8-13(21)2/h6-7,9,13H,4-5,8,10-11H2,1-3H3. The molecule has 1 fully saturated rings. The van der Waals surface area contributed by atoms with E-state index < -0.39 is 0 Å². The molecule has 1 aromatic carbocycles. The number of benzene rings is 1. The molecular weight excluding hydrogens is 322 g/mol. The quantitative estimate of drug-likeness (QED) is 0.797. The first-order valence-corrected chi connectivity index (χ1v) is 9.33. The zero-order chi connectivity index (χ0) is 17.1. The van der Waals surface area contributed by atoms with Gasteiger partial charge in [-0.05, 0) is 67.7 Å². The number of tetrazole rings is 1. The highest BCUT2D eigenvalue weighted by Gasteiger charge is 2.24. The number of carbonyl (C=O) groups excluding carboxylic acids is 1. The fourth-order valence-electron chi connectivity index (χ4n) is 3.06. The Bertz CT molecular complexity index is 730. The molecule has 7 heteroatoms. The maximum absolute atomic E-state index is 12.5. The summed E-state index contributed by atoms with van der Waals surface area (Å²) >= 11 is 1.40. The smallest absolute Gasteiger partial charge is 0.233 e. The first kappa shape index (κ1) is 17.0. The number of amides is 1. The molecule has 1 atom stereocenters. The third-order valence-electron chi connectivity index (χ3n) is 4.69. The van der Waals surface area contributed by atoms with E-state index in [-0.39, 0.29) is 5.91 Å². The van der Waals surface area contributed by atoms with E-state index in [4.69, 9.17) is 0 Å². The second-order valence-corrected chi connectivity index (χ2v) is 7.26. The summed E-state index contributed by atoms with van der Waals surface area (Å²) in [4.78, 5) is 14.5. The molecule has 128 valence electrons. The van der Waals surface area contributed by atoms with E-state index in [1.807, 2.05) is 17.0 Å². The lowest BCUT2D eigenvalue weighted by molar-refractivity contribution is -0.131. The first-order chi connectivity index (χ1) is 11.6. The maximum atomic E-state index is 12.5. The summed E-state index contributed by atoms with van der Waals surface area (Å²) in [5, 5.41) is 12.6. The molecule has 0 saturated carbocycles. The zero-order valence-electron chi connectivity index (χ0n) is 14.4. The molecule has 6 nitrogen and oxygen atoms in total. The van der Waals surface area contributed by atoms with Crippen molar-refractivity contribution in [1.82, 2.24) is 25.1 Å². The SMILES string of the molecule is Cc1cccc(-n2nnnc2SCC(=O)N2CCCCC2C)c1C. The predicted octanol–water partition coefficient (Wildman–Crippen LogP) is 2.77. The number of hydrogen-bond donors (Lipinski definition) is 0. The summed E-state index contributed by atoms with van der Waals surface area (Å²) < 4.78 is 1.72. The third kappa shape index (κ3) is 3.45. The van der Waals surface area contributed by atoms with E-state index in [1.165, 1.54) is 23.7 Å². The van der Waals surface area contributed by atoms with Crippen molar-refractivity contribution >= 4 is 17.7 Å². The highest BCUT2D eigenvalue weighted by atomic mass is 32.2. The van der Waals surface area contributed by atoms with Crippen LogP contribution < -0.4 is 0 Å². The largest absolute Gasteiger partial charge is 0.339 e. The average molecular weight is 345 g/mol.